The zero-order chi connectivity index (χ0) is 15.5. The highest BCUT2D eigenvalue weighted by atomic mass is 32.1. The number of amides is 1. The van der Waals surface area contributed by atoms with Crippen LogP contribution < -0.4 is 5.32 Å². The molecule has 0 saturated heterocycles. The van der Waals surface area contributed by atoms with E-state index in [1.165, 1.54) is 28.8 Å². The van der Waals surface area contributed by atoms with Gasteiger partial charge in [-0.3, -0.25) is 4.79 Å². The fourth-order valence-electron chi connectivity index (χ4n) is 3.05. The SMILES string of the molecule is CC[C@H](C)c1ccccc1NC(=O)c1cc2c(s1)CCCC2. The first-order valence-electron chi connectivity index (χ1n) is 8.21. The Labute approximate surface area is 136 Å². The van der Waals surface area contributed by atoms with Gasteiger partial charge >= 0.3 is 0 Å². The van der Waals surface area contributed by atoms with E-state index in [2.05, 4.69) is 31.3 Å². The van der Waals surface area contributed by atoms with E-state index in [-0.39, 0.29) is 5.91 Å². The van der Waals surface area contributed by atoms with Gasteiger partial charge in [-0.25, -0.2) is 0 Å². The average Bonchev–Trinajstić information content (AvgIpc) is 2.99. The van der Waals surface area contributed by atoms with Gasteiger partial charge in [0.2, 0.25) is 0 Å². The lowest BCUT2D eigenvalue weighted by Gasteiger charge is -2.15. The predicted octanol–water partition coefficient (Wildman–Crippen LogP) is 5.39. The molecule has 1 amide bonds. The smallest absolute Gasteiger partial charge is 0.265 e. The van der Waals surface area contributed by atoms with Crippen LogP contribution in [0.5, 0.6) is 0 Å². The van der Waals surface area contributed by atoms with Gasteiger partial charge in [0.1, 0.15) is 0 Å². The summed E-state index contributed by atoms with van der Waals surface area (Å²) >= 11 is 1.67. The van der Waals surface area contributed by atoms with Crippen molar-refractivity contribution >= 4 is 22.9 Å². The fourth-order valence-corrected chi connectivity index (χ4v) is 4.20. The largest absolute Gasteiger partial charge is 0.321 e. The Morgan fingerprint density at radius 1 is 1.27 bits per heavy atom. The van der Waals surface area contributed by atoms with E-state index < -0.39 is 0 Å². The predicted molar refractivity (Wildman–Crippen MR) is 94.1 cm³/mol. The van der Waals surface area contributed by atoms with Gasteiger partial charge < -0.3 is 5.32 Å². The third-order valence-electron chi connectivity index (χ3n) is 4.57. The van der Waals surface area contributed by atoms with Crippen LogP contribution in [0.3, 0.4) is 0 Å². The molecule has 0 spiro atoms. The molecular weight excluding hydrogens is 290 g/mol. The van der Waals surface area contributed by atoms with Crippen molar-refractivity contribution in [1.82, 2.24) is 0 Å². The molecule has 0 aliphatic heterocycles. The number of benzene rings is 1. The molecule has 0 fully saturated rings. The summed E-state index contributed by atoms with van der Waals surface area (Å²) in [5.41, 5.74) is 3.56. The number of thiophene rings is 1. The highest BCUT2D eigenvalue weighted by Gasteiger charge is 2.18. The second-order valence-electron chi connectivity index (χ2n) is 6.12. The number of anilines is 1. The zero-order valence-corrected chi connectivity index (χ0v) is 14.1. The molecule has 22 heavy (non-hydrogen) atoms. The molecule has 0 radical (unpaired) electrons. The summed E-state index contributed by atoms with van der Waals surface area (Å²) < 4.78 is 0. The lowest BCUT2D eigenvalue weighted by atomic mass is 9.97. The maximum Gasteiger partial charge on any atom is 0.265 e. The van der Waals surface area contributed by atoms with E-state index in [1.54, 1.807) is 11.3 Å². The number of rotatable bonds is 4. The third kappa shape index (κ3) is 3.09. The highest BCUT2D eigenvalue weighted by molar-refractivity contribution is 7.14. The van der Waals surface area contributed by atoms with Crippen LogP contribution in [0.1, 0.15) is 64.7 Å². The monoisotopic (exact) mass is 313 g/mol. The molecule has 3 rings (SSSR count). The molecule has 0 unspecified atom stereocenters. The van der Waals surface area contributed by atoms with Gasteiger partial charge in [-0.05, 0) is 61.3 Å². The first-order valence-corrected chi connectivity index (χ1v) is 9.02. The number of hydrogen-bond donors (Lipinski definition) is 1. The molecule has 1 heterocycles. The second kappa shape index (κ2) is 6.66. The molecule has 0 bridgehead atoms. The van der Waals surface area contributed by atoms with E-state index >= 15 is 0 Å². The van der Waals surface area contributed by atoms with Crippen molar-refractivity contribution in [3.05, 3.63) is 51.2 Å². The van der Waals surface area contributed by atoms with Crippen LogP contribution >= 0.6 is 11.3 Å². The average molecular weight is 313 g/mol. The standard InChI is InChI=1S/C19H23NOS/c1-3-13(2)15-9-5-6-10-16(15)20-19(21)18-12-14-8-4-7-11-17(14)22-18/h5-6,9-10,12-13H,3-4,7-8,11H2,1-2H3,(H,20,21)/t13-/m0/s1. The summed E-state index contributed by atoms with van der Waals surface area (Å²) in [6, 6.07) is 10.2. The van der Waals surface area contributed by atoms with Crippen molar-refractivity contribution < 1.29 is 4.79 Å². The Morgan fingerprint density at radius 2 is 2.05 bits per heavy atom. The number of aryl methyl sites for hydroxylation is 2. The molecule has 1 aromatic heterocycles. The zero-order valence-electron chi connectivity index (χ0n) is 13.3. The minimum atomic E-state index is 0.0372. The van der Waals surface area contributed by atoms with Crippen molar-refractivity contribution in [3.63, 3.8) is 0 Å². The number of hydrogen-bond acceptors (Lipinski definition) is 2. The summed E-state index contributed by atoms with van der Waals surface area (Å²) in [5, 5.41) is 3.12. The first kappa shape index (κ1) is 15.3. The number of carbonyl (C=O) groups is 1. The number of fused-ring (bicyclic) bond motifs is 1. The Bertz CT molecular complexity index is 650. The van der Waals surface area contributed by atoms with E-state index in [0.29, 0.717) is 5.92 Å². The maximum atomic E-state index is 12.6. The molecule has 2 aromatic rings. The second-order valence-corrected chi connectivity index (χ2v) is 7.25. The molecule has 116 valence electrons. The molecule has 1 atom stereocenters. The van der Waals surface area contributed by atoms with Crippen LogP contribution in [0.15, 0.2) is 30.3 Å². The molecule has 1 aliphatic carbocycles. The lowest BCUT2D eigenvalue weighted by Crippen LogP contribution is -2.12. The van der Waals surface area contributed by atoms with Gasteiger partial charge in [-0.1, -0.05) is 32.0 Å². The minimum absolute atomic E-state index is 0.0372. The van der Waals surface area contributed by atoms with Crippen LogP contribution in [-0.4, -0.2) is 5.91 Å². The van der Waals surface area contributed by atoms with Crippen LogP contribution in [-0.2, 0) is 12.8 Å². The highest BCUT2D eigenvalue weighted by Crippen LogP contribution is 2.31. The summed E-state index contributed by atoms with van der Waals surface area (Å²) in [6.07, 6.45) is 5.84. The van der Waals surface area contributed by atoms with Gasteiger partial charge in [-0.2, -0.15) is 0 Å². The number of carbonyl (C=O) groups excluding carboxylic acids is 1. The number of para-hydroxylation sites is 1. The Morgan fingerprint density at radius 3 is 2.82 bits per heavy atom. The molecule has 3 heteroatoms. The Kier molecular flexibility index (Phi) is 4.63. The van der Waals surface area contributed by atoms with E-state index in [0.717, 1.165) is 29.8 Å². The molecule has 1 aromatic carbocycles. The molecule has 1 aliphatic rings. The van der Waals surface area contributed by atoms with Crippen molar-refractivity contribution in [2.24, 2.45) is 0 Å². The summed E-state index contributed by atoms with van der Waals surface area (Å²) in [6.45, 7) is 4.38. The van der Waals surface area contributed by atoms with Gasteiger partial charge in [0.25, 0.3) is 5.91 Å². The molecule has 2 nitrogen and oxygen atoms in total. The lowest BCUT2D eigenvalue weighted by molar-refractivity contribution is 0.103. The van der Waals surface area contributed by atoms with Crippen LogP contribution in [0, 0.1) is 0 Å². The van der Waals surface area contributed by atoms with Gasteiger partial charge in [0.05, 0.1) is 4.88 Å². The van der Waals surface area contributed by atoms with Crippen molar-refractivity contribution in [1.29, 1.82) is 0 Å². The van der Waals surface area contributed by atoms with Crippen LogP contribution in [0.25, 0.3) is 0 Å². The van der Waals surface area contributed by atoms with Gasteiger partial charge in [-0.15, -0.1) is 11.3 Å². The van der Waals surface area contributed by atoms with Gasteiger partial charge in [0, 0.05) is 10.6 Å². The van der Waals surface area contributed by atoms with Crippen molar-refractivity contribution in [3.8, 4) is 0 Å². The fraction of sp³-hybridized carbons (Fsp3) is 0.421. The minimum Gasteiger partial charge on any atom is -0.321 e. The van der Waals surface area contributed by atoms with Gasteiger partial charge in [0.15, 0.2) is 0 Å². The van der Waals surface area contributed by atoms with E-state index in [1.807, 2.05) is 18.2 Å². The Balaban J connectivity index is 1.81. The van der Waals surface area contributed by atoms with Crippen LogP contribution in [0.2, 0.25) is 0 Å². The maximum absolute atomic E-state index is 12.6. The third-order valence-corrected chi connectivity index (χ3v) is 5.81. The summed E-state index contributed by atoms with van der Waals surface area (Å²) in [4.78, 5) is 14.9. The normalized spacial score (nSPS) is 15.2. The van der Waals surface area contributed by atoms with E-state index in [4.69, 9.17) is 0 Å². The topological polar surface area (TPSA) is 29.1 Å². The molecule has 1 N–H and O–H groups in total. The van der Waals surface area contributed by atoms with Crippen molar-refractivity contribution in [2.45, 2.75) is 51.9 Å². The quantitative estimate of drug-likeness (QED) is 0.805. The van der Waals surface area contributed by atoms with Crippen molar-refractivity contribution in [2.75, 3.05) is 5.32 Å². The van der Waals surface area contributed by atoms with E-state index in [9.17, 15) is 4.79 Å². The van der Waals surface area contributed by atoms with Crippen LogP contribution in [0.4, 0.5) is 5.69 Å². The summed E-state index contributed by atoms with van der Waals surface area (Å²) in [7, 11) is 0. The number of nitrogens with one attached hydrogen (secondary N) is 1. The molecular formula is C19H23NOS. The first-order chi connectivity index (χ1) is 10.7. The molecule has 0 saturated carbocycles. The Hall–Kier alpha value is -1.61. The summed E-state index contributed by atoms with van der Waals surface area (Å²) in [5.74, 6) is 0.489.